The van der Waals surface area contributed by atoms with Crippen molar-refractivity contribution in [2.45, 2.75) is 12.1 Å². The van der Waals surface area contributed by atoms with Crippen LogP contribution < -0.4 is 0 Å². The number of halogens is 5. The fourth-order valence-electron chi connectivity index (χ4n) is 0.939. The van der Waals surface area contributed by atoms with Gasteiger partial charge in [0.05, 0.1) is 0 Å². The molecule has 0 aromatic heterocycles. The average molecular weight is 222 g/mol. The van der Waals surface area contributed by atoms with Crippen LogP contribution in [-0.4, -0.2) is 12.1 Å². The zero-order valence-electron chi connectivity index (χ0n) is 7.43. The summed E-state index contributed by atoms with van der Waals surface area (Å²) in [6.07, 6.45) is 2.45. The van der Waals surface area contributed by atoms with Gasteiger partial charge in [-0.25, -0.2) is 0 Å². The molecule has 0 unspecified atom stereocenters. The molecule has 1 aliphatic carbocycles. The van der Waals surface area contributed by atoms with Gasteiger partial charge in [-0.05, 0) is 0 Å². The zero-order chi connectivity index (χ0) is 11.5. The van der Waals surface area contributed by atoms with Gasteiger partial charge in [0.2, 0.25) is 0 Å². The summed E-state index contributed by atoms with van der Waals surface area (Å²) in [5.41, 5.74) is -1.07. The molecule has 0 atom stereocenters. The van der Waals surface area contributed by atoms with Gasteiger partial charge in [-0.2, -0.15) is 22.0 Å². The van der Waals surface area contributed by atoms with E-state index < -0.39 is 17.7 Å². The zero-order valence-corrected chi connectivity index (χ0v) is 7.43. The molecule has 0 spiro atoms. The van der Waals surface area contributed by atoms with Gasteiger partial charge < -0.3 is 0 Å². The van der Waals surface area contributed by atoms with E-state index >= 15 is 0 Å². The third kappa shape index (κ3) is 2.55. The highest BCUT2D eigenvalue weighted by molar-refractivity contribution is 5.36. The molecule has 82 valence electrons. The van der Waals surface area contributed by atoms with Crippen LogP contribution in [0.4, 0.5) is 22.0 Å². The lowest BCUT2D eigenvalue weighted by atomic mass is 10.1. The fraction of sp³-hybridized carbons (Fsp3) is 0.200. The lowest BCUT2D eigenvalue weighted by Crippen LogP contribution is -2.37. The SMILES string of the molecule is FC(F)(F)C(F)(F)C1=C/C=C\C=C/C=C1. The van der Waals surface area contributed by atoms with Gasteiger partial charge in [-0.1, -0.05) is 42.5 Å². The Labute approximate surface area is 83.1 Å². The maximum Gasteiger partial charge on any atom is 0.458 e. The Kier molecular flexibility index (Phi) is 3.12. The number of allylic oxidation sites excluding steroid dienone is 8. The summed E-state index contributed by atoms with van der Waals surface area (Å²) in [7, 11) is 0. The Morgan fingerprint density at radius 2 is 1.27 bits per heavy atom. The van der Waals surface area contributed by atoms with E-state index in [1.54, 1.807) is 0 Å². The second-order valence-electron chi connectivity index (χ2n) is 2.82. The first-order chi connectivity index (χ1) is 6.86. The minimum absolute atomic E-state index is 0.744. The summed E-state index contributed by atoms with van der Waals surface area (Å²) < 4.78 is 61.6. The van der Waals surface area contributed by atoms with Crippen molar-refractivity contribution in [3.63, 3.8) is 0 Å². The van der Waals surface area contributed by atoms with Gasteiger partial charge in [0.15, 0.2) is 0 Å². The molecule has 0 aromatic carbocycles. The van der Waals surface area contributed by atoms with Crippen molar-refractivity contribution >= 4 is 0 Å². The number of hydrogen-bond acceptors (Lipinski definition) is 0. The second kappa shape index (κ2) is 4.00. The van der Waals surface area contributed by atoms with Crippen molar-refractivity contribution in [3.05, 3.63) is 48.1 Å². The van der Waals surface area contributed by atoms with Crippen LogP contribution in [0, 0.1) is 0 Å². The normalized spacial score (nSPS) is 21.5. The maximum atomic E-state index is 12.8. The lowest BCUT2D eigenvalue weighted by molar-refractivity contribution is -0.262. The van der Waals surface area contributed by atoms with E-state index in [-0.39, 0.29) is 0 Å². The maximum absolute atomic E-state index is 12.8. The Balaban J connectivity index is 3.06. The van der Waals surface area contributed by atoms with Crippen LogP contribution in [0.5, 0.6) is 0 Å². The Morgan fingerprint density at radius 3 is 1.87 bits per heavy atom. The van der Waals surface area contributed by atoms with E-state index in [1.165, 1.54) is 18.2 Å². The lowest BCUT2D eigenvalue weighted by Gasteiger charge is -2.20. The summed E-state index contributed by atoms with van der Waals surface area (Å²) in [6.45, 7) is 0. The van der Waals surface area contributed by atoms with Gasteiger partial charge in [0, 0.05) is 5.57 Å². The first-order valence-electron chi connectivity index (χ1n) is 4.02. The third-order valence-corrected chi connectivity index (χ3v) is 1.71. The summed E-state index contributed by atoms with van der Waals surface area (Å²) in [5, 5.41) is 0. The molecule has 0 fully saturated rings. The molecule has 0 heterocycles. The molecule has 15 heavy (non-hydrogen) atoms. The van der Waals surface area contributed by atoms with E-state index in [2.05, 4.69) is 0 Å². The standard InChI is InChI=1S/C10H7F5/c11-9(12,10(13,14)15)8-6-4-2-1-3-5-7-8/h1-7H/b2-1-,3-1?,4-2?,5-3-,6-4?,7-5?,8-6?,8-7?. The average Bonchev–Trinajstić information content (AvgIpc) is 1.99. The minimum Gasteiger partial charge on any atom is -0.191 e. The first kappa shape index (κ1) is 11.7. The van der Waals surface area contributed by atoms with Crippen molar-refractivity contribution in [1.82, 2.24) is 0 Å². The molecule has 0 amide bonds. The predicted molar refractivity (Wildman–Crippen MR) is 46.5 cm³/mol. The van der Waals surface area contributed by atoms with Crippen LogP contribution >= 0.6 is 0 Å². The van der Waals surface area contributed by atoms with E-state index in [0.717, 1.165) is 24.3 Å². The summed E-state index contributed by atoms with van der Waals surface area (Å²) in [4.78, 5) is 0. The molecule has 1 rings (SSSR count). The minimum atomic E-state index is -5.57. The van der Waals surface area contributed by atoms with Crippen LogP contribution in [-0.2, 0) is 0 Å². The Bertz CT molecular complexity index is 341. The predicted octanol–water partition coefficient (Wildman–Crippen LogP) is 3.79. The van der Waals surface area contributed by atoms with Crippen molar-refractivity contribution in [2.75, 3.05) is 0 Å². The van der Waals surface area contributed by atoms with E-state index in [9.17, 15) is 22.0 Å². The molecule has 0 bridgehead atoms. The highest BCUT2D eigenvalue weighted by Crippen LogP contribution is 2.41. The van der Waals surface area contributed by atoms with Gasteiger partial charge in [0.25, 0.3) is 0 Å². The largest absolute Gasteiger partial charge is 0.458 e. The molecule has 0 N–H and O–H groups in total. The van der Waals surface area contributed by atoms with E-state index in [4.69, 9.17) is 0 Å². The topological polar surface area (TPSA) is 0 Å². The molecule has 0 aliphatic heterocycles. The van der Waals surface area contributed by atoms with Crippen LogP contribution in [0.15, 0.2) is 48.1 Å². The Hall–Kier alpha value is -1.39. The highest BCUT2D eigenvalue weighted by Gasteiger charge is 2.59. The first-order valence-corrected chi connectivity index (χ1v) is 4.02. The molecule has 0 saturated carbocycles. The quantitative estimate of drug-likeness (QED) is 0.592. The summed E-state index contributed by atoms with van der Waals surface area (Å²) in [6, 6.07) is 0. The smallest absolute Gasteiger partial charge is 0.191 e. The van der Waals surface area contributed by atoms with Gasteiger partial charge >= 0.3 is 12.1 Å². The summed E-state index contributed by atoms with van der Waals surface area (Å²) >= 11 is 0. The molecule has 0 radical (unpaired) electrons. The number of rotatable bonds is 1. The van der Waals surface area contributed by atoms with Gasteiger partial charge in [0.1, 0.15) is 0 Å². The monoisotopic (exact) mass is 222 g/mol. The van der Waals surface area contributed by atoms with Crippen molar-refractivity contribution in [3.8, 4) is 0 Å². The van der Waals surface area contributed by atoms with Gasteiger partial charge in [-0.15, -0.1) is 0 Å². The molecule has 0 nitrogen and oxygen atoms in total. The van der Waals surface area contributed by atoms with Crippen LogP contribution in [0.25, 0.3) is 0 Å². The second-order valence-corrected chi connectivity index (χ2v) is 2.82. The summed E-state index contributed by atoms with van der Waals surface area (Å²) in [5.74, 6) is -4.82. The highest BCUT2D eigenvalue weighted by atomic mass is 19.4. The molecule has 1 aliphatic rings. The molecule has 5 heteroatoms. The molecular weight excluding hydrogens is 215 g/mol. The van der Waals surface area contributed by atoms with Crippen LogP contribution in [0.1, 0.15) is 0 Å². The molecule has 0 aromatic rings. The third-order valence-electron chi connectivity index (χ3n) is 1.71. The number of hydrogen-bond donors (Lipinski definition) is 0. The van der Waals surface area contributed by atoms with Crippen LogP contribution in [0.3, 0.4) is 0 Å². The van der Waals surface area contributed by atoms with Crippen LogP contribution in [0.2, 0.25) is 0 Å². The van der Waals surface area contributed by atoms with E-state index in [1.807, 2.05) is 0 Å². The van der Waals surface area contributed by atoms with Crippen molar-refractivity contribution in [1.29, 1.82) is 0 Å². The molecule has 0 saturated heterocycles. The van der Waals surface area contributed by atoms with Crippen molar-refractivity contribution < 1.29 is 22.0 Å². The fourth-order valence-corrected chi connectivity index (χ4v) is 0.939. The number of alkyl halides is 5. The Morgan fingerprint density at radius 1 is 0.733 bits per heavy atom. The van der Waals surface area contributed by atoms with E-state index in [0.29, 0.717) is 0 Å². The molecular formula is C10H7F5. The van der Waals surface area contributed by atoms with Gasteiger partial charge in [-0.3, -0.25) is 0 Å². The van der Waals surface area contributed by atoms with Crippen molar-refractivity contribution in [2.24, 2.45) is 0 Å².